The summed E-state index contributed by atoms with van der Waals surface area (Å²) in [6, 6.07) is 8.82. The van der Waals surface area contributed by atoms with Gasteiger partial charge in [0.15, 0.2) is 5.54 Å². The third-order valence-corrected chi connectivity index (χ3v) is 2.84. The summed E-state index contributed by atoms with van der Waals surface area (Å²) in [6.07, 6.45) is 0. The Morgan fingerprint density at radius 2 is 1.84 bits per heavy atom. The molecule has 104 valence electrons. The van der Waals surface area contributed by atoms with Gasteiger partial charge in [-0.05, 0) is 12.5 Å². The summed E-state index contributed by atoms with van der Waals surface area (Å²) in [4.78, 5) is 23.3. The minimum atomic E-state index is -1.42. The normalized spacial score (nSPS) is 13.9. The Hall–Kier alpha value is -1.88. The molecule has 0 saturated carbocycles. The van der Waals surface area contributed by atoms with Crippen LogP contribution in [0.25, 0.3) is 0 Å². The first-order valence-corrected chi connectivity index (χ1v) is 6.19. The predicted octanol–water partition coefficient (Wildman–Crippen LogP) is 1.10. The second kappa shape index (κ2) is 6.33. The van der Waals surface area contributed by atoms with Crippen molar-refractivity contribution in [3.05, 3.63) is 35.9 Å². The van der Waals surface area contributed by atoms with Crippen LogP contribution in [0.5, 0.6) is 0 Å². The van der Waals surface area contributed by atoms with Crippen LogP contribution < -0.4 is 10.6 Å². The summed E-state index contributed by atoms with van der Waals surface area (Å²) >= 11 is 0. The number of nitrogens with one attached hydrogen (secondary N) is 2. The first kappa shape index (κ1) is 15.2. The molecular formula is C14H20N2O3. The molecule has 1 atom stereocenters. The summed E-state index contributed by atoms with van der Waals surface area (Å²) in [7, 11) is 0. The van der Waals surface area contributed by atoms with E-state index in [1.165, 1.54) is 6.92 Å². The van der Waals surface area contributed by atoms with E-state index in [4.69, 9.17) is 0 Å². The molecule has 5 heteroatoms. The lowest BCUT2D eigenvalue weighted by atomic mass is 9.92. The van der Waals surface area contributed by atoms with E-state index in [1.54, 1.807) is 30.3 Å². The van der Waals surface area contributed by atoms with E-state index in [-0.39, 0.29) is 18.5 Å². The number of carbonyl (C=O) groups excluding carboxylic acids is 1. The number of carbonyl (C=O) groups is 2. The largest absolute Gasteiger partial charge is 0.479 e. The fourth-order valence-electron chi connectivity index (χ4n) is 1.64. The fourth-order valence-corrected chi connectivity index (χ4v) is 1.64. The SMILES string of the molecule is CC(C)NCC(=O)NC(C)(C(=O)O)c1ccccc1. The zero-order valence-corrected chi connectivity index (χ0v) is 11.4. The van der Waals surface area contributed by atoms with Crippen molar-refractivity contribution in [2.45, 2.75) is 32.4 Å². The van der Waals surface area contributed by atoms with Gasteiger partial charge in [0.2, 0.25) is 5.91 Å². The Kier molecular flexibility index (Phi) is 5.06. The van der Waals surface area contributed by atoms with E-state index >= 15 is 0 Å². The molecule has 0 heterocycles. The molecule has 0 aliphatic heterocycles. The van der Waals surface area contributed by atoms with Gasteiger partial charge in [-0.3, -0.25) is 4.79 Å². The van der Waals surface area contributed by atoms with Crippen LogP contribution in [0.4, 0.5) is 0 Å². The zero-order valence-electron chi connectivity index (χ0n) is 11.4. The summed E-state index contributed by atoms with van der Waals surface area (Å²) in [5.41, 5.74) is -0.878. The predicted molar refractivity (Wildman–Crippen MR) is 72.7 cm³/mol. The third kappa shape index (κ3) is 4.06. The van der Waals surface area contributed by atoms with Crippen molar-refractivity contribution in [1.82, 2.24) is 10.6 Å². The first-order chi connectivity index (χ1) is 8.86. The number of carboxylic acid groups (broad SMARTS) is 1. The second-order valence-corrected chi connectivity index (χ2v) is 4.88. The Bertz CT molecular complexity index is 445. The van der Waals surface area contributed by atoms with Gasteiger partial charge in [-0.1, -0.05) is 44.2 Å². The highest BCUT2D eigenvalue weighted by molar-refractivity contribution is 5.88. The average molecular weight is 264 g/mol. The third-order valence-electron chi connectivity index (χ3n) is 2.84. The molecule has 0 aliphatic carbocycles. The van der Waals surface area contributed by atoms with Crippen molar-refractivity contribution in [2.24, 2.45) is 0 Å². The molecule has 0 radical (unpaired) electrons. The van der Waals surface area contributed by atoms with Gasteiger partial charge in [0.05, 0.1) is 6.54 Å². The Balaban J connectivity index is 2.84. The molecule has 0 aromatic heterocycles. The van der Waals surface area contributed by atoms with Gasteiger partial charge in [0, 0.05) is 6.04 Å². The van der Waals surface area contributed by atoms with Gasteiger partial charge >= 0.3 is 5.97 Å². The summed E-state index contributed by atoms with van der Waals surface area (Å²) in [6.45, 7) is 5.41. The number of carboxylic acids is 1. The molecule has 1 amide bonds. The quantitative estimate of drug-likeness (QED) is 0.719. The molecule has 0 bridgehead atoms. The van der Waals surface area contributed by atoms with Crippen molar-refractivity contribution in [3.63, 3.8) is 0 Å². The van der Waals surface area contributed by atoms with Gasteiger partial charge in [-0.15, -0.1) is 0 Å². The standard InChI is InChI=1S/C14H20N2O3/c1-10(2)15-9-12(17)16-14(3,13(18)19)11-7-5-4-6-8-11/h4-8,10,15H,9H2,1-3H3,(H,16,17)(H,18,19). The van der Waals surface area contributed by atoms with Crippen molar-refractivity contribution in [3.8, 4) is 0 Å². The Morgan fingerprint density at radius 3 is 2.32 bits per heavy atom. The van der Waals surface area contributed by atoms with Crippen LogP contribution in [-0.4, -0.2) is 29.6 Å². The lowest BCUT2D eigenvalue weighted by Crippen LogP contribution is -2.52. The van der Waals surface area contributed by atoms with Crippen molar-refractivity contribution < 1.29 is 14.7 Å². The molecule has 5 nitrogen and oxygen atoms in total. The average Bonchev–Trinajstić information content (AvgIpc) is 2.37. The number of hydrogen-bond acceptors (Lipinski definition) is 3. The fraction of sp³-hybridized carbons (Fsp3) is 0.429. The van der Waals surface area contributed by atoms with Gasteiger partial charge in [-0.2, -0.15) is 0 Å². The highest BCUT2D eigenvalue weighted by Crippen LogP contribution is 2.20. The molecule has 0 spiro atoms. The second-order valence-electron chi connectivity index (χ2n) is 4.88. The van der Waals surface area contributed by atoms with E-state index < -0.39 is 11.5 Å². The topological polar surface area (TPSA) is 78.4 Å². The Morgan fingerprint density at radius 1 is 1.26 bits per heavy atom. The summed E-state index contributed by atoms with van der Waals surface area (Å²) < 4.78 is 0. The van der Waals surface area contributed by atoms with Crippen molar-refractivity contribution in [2.75, 3.05) is 6.54 Å². The molecule has 0 aliphatic rings. The molecular weight excluding hydrogens is 244 g/mol. The minimum Gasteiger partial charge on any atom is -0.479 e. The number of hydrogen-bond donors (Lipinski definition) is 3. The minimum absolute atomic E-state index is 0.0906. The van der Waals surface area contributed by atoms with Gasteiger partial charge in [0.25, 0.3) is 0 Å². The lowest BCUT2D eigenvalue weighted by molar-refractivity contribution is -0.147. The maximum atomic E-state index is 11.8. The number of aliphatic carboxylic acids is 1. The van der Waals surface area contributed by atoms with Gasteiger partial charge in [-0.25, -0.2) is 4.79 Å². The summed E-state index contributed by atoms with van der Waals surface area (Å²) in [5.74, 6) is -1.43. The highest BCUT2D eigenvalue weighted by atomic mass is 16.4. The monoisotopic (exact) mass is 264 g/mol. The van der Waals surface area contributed by atoms with Crippen LogP contribution in [0.1, 0.15) is 26.3 Å². The molecule has 1 unspecified atom stereocenters. The Labute approximate surface area is 113 Å². The smallest absolute Gasteiger partial charge is 0.333 e. The number of rotatable bonds is 6. The maximum absolute atomic E-state index is 11.8. The van der Waals surface area contributed by atoms with Crippen LogP contribution in [-0.2, 0) is 15.1 Å². The molecule has 3 N–H and O–H groups in total. The molecule has 19 heavy (non-hydrogen) atoms. The van der Waals surface area contributed by atoms with Crippen LogP contribution in [0.2, 0.25) is 0 Å². The summed E-state index contributed by atoms with van der Waals surface area (Å²) in [5, 5.41) is 14.9. The molecule has 0 saturated heterocycles. The van der Waals surface area contributed by atoms with Gasteiger partial charge in [0.1, 0.15) is 0 Å². The molecule has 1 rings (SSSR count). The van der Waals surface area contributed by atoms with Crippen molar-refractivity contribution in [1.29, 1.82) is 0 Å². The van der Waals surface area contributed by atoms with Crippen LogP contribution >= 0.6 is 0 Å². The molecule has 1 aromatic carbocycles. The van der Waals surface area contributed by atoms with Crippen LogP contribution in [0, 0.1) is 0 Å². The highest BCUT2D eigenvalue weighted by Gasteiger charge is 2.36. The number of benzene rings is 1. The first-order valence-electron chi connectivity index (χ1n) is 6.19. The zero-order chi connectivity index (χ0) is 14.5. The van der Waals surface area contributed by atoms with Crippen LogP contribution in [0.3, 0.4) is 0 Å². The van der Waals surface area contributed by atoms with E-state index in [0.717, 1.165) is 0 Å². The molecule has 1 aromatic rings. The lowest BCUT2D eigenvalue weighted by Gasteiger charge is -2.27. The number of amides is 1. The van der Waals surface area contributed by atoms with E-state index in [1.807, 2.05) is 13.8 Å². The maximum Gasteiger partial charge on any atom is 0.333 e. The van der Waals surface area contributed by atoms with E-state index in [9.17, 15) is 14.7 Å². The van der Waals surface area contributed by atoms with Gasteiger partial charge < -0.3 is 15.7 Å². The molecule has 0 fully saturated rings. The van der Waals surface area contributed by atoms with E-state index in [0.29, 0.717) is 5.56 Å². The van der Waals surface area contributed by atoms with Crippen molar-refractivity contribution >= 4 is 11.9 Å². The van der Waals surface area contributed by atoms with Crippen LogP contribution in [0.15, 0.2) is 30.3 Å². The van der Waals surface area contributed by atoms with E-state index in [2.05, 4.69) is 10.6 Å².